The fraction of sp³-hybridized carbons (Fsp3) is 0.0769. The largest absolute Gasteiger partial charge is 0.277 e. The second-order valence-corrected chi connectivity index (χ2v) is 6.16. The van der Waals surface area contributed by atoms with Gasteiger partial charge in [0.05, 0.1) is 10.6 Å². The number of halogens is 2. The van der Waals surface area contributed by atoms with Gasteiger partial charge in [-0.1, -0.05) is 29.3 Å². The molecule has 3 nitrogen and oxygen atoms in total. The zero-order valence-corrected chi connectivity index (χ0v) is 11.6. The average molecular weight is 300 g/mol. The van der Waals surface area contributed by atoms with Crippen LogP contribution in [0.25, 0.3) is 0 Å². The van der Waals surface area contributed by atoms with Gasteiger partial charge in [-0.3, -0.25) is 4.72 Å². The van der Waals surface area contributed by atoms with Crippen LogP contribution in [0.15, 0.2) is 47.4 Å². The predicted molar refractivity (Wildman–Crippen MR) is 73.4 cm³/mol. The van der Waals surface area contributed by atoms with Crippen LogP contribution in [-0.4, -0.2) is 8.42 Å². The summed E-state index contributed by atoms with van der Waals surface area (Å²) in [5, 5.41) is 0.204. The summed E-state index contributed by atoms with van der Waals surface area (Å²) in [6.07, 6.45) is 0. The molecule has 0 radical (unpaired) electrons. The minimum absolute atomic E-state index is 0.0763. The Morgan fingerprint density at radius 2 is 1.74 bits per heavy atom. The second-order valence-electron chi connectivity index (χ2n) is 4.04. The number of hydrogen-bond acceptors (Lipinski definition) is 2. The van der Waals surface area contributed by atoms with Crippen LogP contribution in [0.4, 0.5) is 10.1 Å². The highest BCUT2D eigenvalue weighted by molar-refractivity contribution is 7.92. The zero-order chi connectivity index (χ0) is 14.0. The van der Waals surface area contributed by atoms with E-state index >= 15 is 0 Å². The Labute approximate surface area is 116 Å². The number of nitrogens with one attached hydrogen (secondary N) is 1. The minimum Gasteiger partial charge on any atom is -0.277 e. The molecular weight excluding hydrogens is 289 g/mol. The first-order valence-corrected chi connectivity index (χ1v) is 7.29. The number of sulfonamides is 1. The Balaban J connectivity index is 2.33. The van der Waals surface area contributed by atoms with Crippen molar-refractivity contribution < 1.29 is 12.8 Å². The highest BCUT2D eigenvalue weighted by Crippen LogP contribution is 2.22. The molecule has 2 aromatic carbocycles. The van der Waals surface area contributed by atoms with Crippen molar-refractivity contribution in [3.05, 3.63) is 58.9 Å². The molecule has 0 bridgehead atoms. The van der Waals surface area contributed by atoms with Crippen molar-refractivity contribution in [1.82, 2.24) is 0 Å². The first-order chi connectivity index (χ1) is 8.88. The van der Waals surface area contributed by atoms with Gasteiger partial charge in [0.15, 0.2) is 0 Å². The van der Waals surface area contributed by atoms with E-state index in [9.17, 15) is 12.8 Å². The number of anilines is 1. The molecule has 0 saturated heterocycles. The van der Waals surface area contributed by atoms with Crippen LogP contribution in [0.1, 0.15) is 5.56 Å². The maximum atomic E-state index is 13.5. The zero-order valence-electron chi connectivity index (χ0n) is 10.0. The third-order valence-corrected chi connectivity index (χ3v) is 4.12. The van der Waals surface area contributed by atoms with E-state index < -0.39 is 15.8 Å². The van der Waals surface area contributed by atoms with Gasteiger partial charge in [-0.05, 0) is 37.3 Å². The maximum absolute atomic E-state index is 13.5. The normalized spacial score (nSPS) is 11.3. The van der Waals surface area contributed by atoms with Gasteiger partial charge in [-0.15, -0.1) is 0 Å². The molecule has 0 amide bonds. The summed E-state index contributed by atoms with van der Waals surface area (Å²) in [5.74, 6) is -0.719. The van der Waals surface area contributed by atoms with Gasteiger partial charge in [0.2, 0.25) is 0 Å². The topological polar surface area (TPSA) is 46.2 Å². The van der Waals surface area contributed by atoms with Crippen LogP contribution in [0, 0.1) is 12.7 Å². The number of rotatable bonds is 3. The SMILES string of the molecule is Cc1ccc(S(=O)(=O)Nc2ccc(Cl)cc2F)cc1. The van der Waals surface area contributed by atoms with E-state index in [4.69, 9.17) is 11.6 Å². The Kier molecular flexibility index (Phi) is 3.78. The van der Waals surface area contributed by atoms with Gasteiger partial charge < -0.3 is 0 Å². The van der Waals surface area contributed by atoms with Crippen molar-refractivity contribution in [3.63, 3.8) is 0 Å². The van der Waals surface area contributed by atoms with E-state index in [-0.39, 0.29) is 15.6 Å². The Bertz CT molecular complexity index is 699. The molecule has 0 aliphatic carbocycles. The van der Waals surface area contributed by atoms with E-state index in [0.717, 1.165) is 11.6 Å². The minimum atomic E-state index is -3.80. The fourth-order valence-corrected chi connectivity index (χ4v) is 2.72. The summed E-state index contributed by atoms with van der Waals surface area (Å²) in [6, 6.07) is 10.0. The molecule has 1 N–H and O–H groups in total. The molecule has 0 aromatic heterocycles. The van der Waals surface area contributed by atoms with E-state index in [0.29, 0.717) is 0 Å². The Hall–Kier alpha value is -1.59. The van der Waals surface area contributed by atoms with Crippen LogP contribution in [0.2, 0.25) is 5.02 Å². The summed E-state index contributed by atoms with van der Waals surface area (Å²) >= 11 is 5.61. The summed E-state index contributed by atoms with van der Waals surface area (Å²) in [4.78, 5) is 0.0763. The summed E-state index contributed by atoms with van der Waals surface area (Å²) < 4.78 is 39.8. The second kappa shape index (κ2) is 5.19. The molecule has 0 heterocycles. The molecule has 2 aromatic rings. The molecule has 19 heavy (non-hydrogen) atoms. The maximum Gasteiger partial charge on any atom is 0.261 e. The van der Waals surface area contributed by atoms with Crippen LogP contribution in [0.3, 0.4) is 0 Å². The monoisotopic (exact) mass is 299 g/mol. The van der Waals surface area contributed by atoms with Crippen molar-refractivity contribution in [2.24, 2.45) is 0 Å². The molecule has 0 spiro atoms. The lowest BCUT2D eigenvalue weighted by molar-refractivity contribution is 0.598. The van der Waals surface area contributed by atoms with Gasteiger partial charge in [0, 0.05) is 5.02 Å². The fourth-order valence-electron chi connectivity index (χ4n) is 1.49. The van der Waals surface area contributed by atoms with Gasteiger partial charge >= 0.3 is 0 Å². The molecule has 0 saturated carbocycles. The first kappa shape index (κ1) is 13.8. The highest BCUT2D eigenvalue weighted by atomic mass is 35.5. The van der Waals surface area contributed by atoms with Crippen LogP contribution < -0.4 is 4.72 Å². The average Bonchev–Trinajstić information content (AvgIpc) is 2.33. The quantitative estimate of drug-likeness (QED) is 0.941. The number of aryl methyl sites for hydroxylation is 1. The lowest BCUT2D eigenvalue weighted by Crippen LogP contribution is -2.13. The summed E-state index contributed by atoms with van der Waals surface area (Å²) in [6.45, 7) is 1.85. The van der Waals surface area contributed by atoms with Crippen LogP contribution in [-0.2, 0) is 10.0 Å². The lowest BCUT2D eigenvalue weighted by Gasteiger charge is -2.09. The van der Waals surface area contributed by atoms with Crippen molar-refractivity contribution in [1.29, 1.82) is 0 Å². The molecule has 0 aliphatic rings. The Morgan fingerprint density at radius 3 is 2.32 bits per heavy atom. The van der Waals surface area contributed by atoms with Crippen molar-refractivity contribution >= 4 is 27.3 Å². The summed E-state index contributed by atoms with van der Waals surface area (Å²) in [5.41, 5.74) is 0.807. The summed E-state index contributed by atoms with van der Waals surface area (Å²) in [7, 11) is -3.80. The van der Waals surface area contributed by atoms with Crippen LogP contribution in [0.5, 0.6) is 0 Å². The van der Waals surface area contributed by atoms with Gasteiger partial charge in [-0.2, -0.15) is 0 Å². The Morgan fingerprint density at radius 1 is 1.11 bits per heavy atom. The van der Waals surface area contributed by atoms with E-state index in [1.807, 2.05) is 6.92 Å². The van der Waals surface area contributed by atoms with Crippen LogP contribution >= 0.6 is 11.6 Å². The third kappa shape index (κ3) is 3.24. The molecule has 0 aliphatic heterocycles. The molecule has 100 valence electrons. The van der Waals surface area contributed by atoms with Gasteiger partial charge in [0.1, 0.15) is 5.82 Å². The highest BCUT2D eigenvalue weighted by Gasteiger charge is 2.16. The van der Waals surface area contributed by atoms with E-state index in [1.165, 1.54) is 24.3 Å². The first-order valence-electron chi connectivity index (χ1n) is 5.43. The van der Waals surface area contributed by atoms with E-state index in [2.05, 4.69) is 4.72 Å². The smallest absolute Gasteiger partial charge is 0.261 e. The van der Waals surface area contributed by atoms with Crippen molar-refractivity contribution in [2.75, 3.05) is 4.72 Å². The van der Waals surface area contributed by atoms with E-state index in [1.54, 1.807) is 12.1 Å². The lowest BCUT2D eigenvalue weighted by atomic mass is 10.2. The number of hydrogen-bond donors (Lipinski definition) is 1. The molecule has 0 atom stereocenters. The molecule has 6 heteroatoms. The predicted octanol–water partition coefficient (Wildman–Crippen LogP) is 3.59. The van der Waals surface area contributed by atoms with Gasteiger partial charge in [0.25, 0.3) is 10.0 Å². The van der Waals surface area contributed by atoms with Crippen molar-refractivity contribution in [2.45, 2.75) is 11.8 Å². The molecule has 2 rings (SSSR count). The molecule has 0 unspecified atom stereocenters. The molecule has 0 fully saturated rings. The van der Waals surface area contributed by atoms with Crippen molar-refractivity contribution in [3.8, 4) is 0 Å². The van der Waals surface area contributed by atoms with Gasteiger partial charge in [-0.25, -0.2) is 12.8 Å². The molecular formula is C13H11ClFNO2S. The third-order valence-electron chi connectivity index (χ3n) is 2.51. The standard InChI is InChI=1S/C13H11ClFNO2S/c1-9-2-5-11(6-3-9)19(17,18)16-13-7-4-10(14)8-12(13)15/h2-8,16H,1H3. The number of benzene rings is 2.